The summed E-state index contributed by atoms with van der Waals surface area (Å²) in [6.07, 6.45) is 10.3. The quantitative estimate of drug-likeness (QED) is 0.169. The predicted octanol–water partition coefficient (Wildman–Crippen LogP) is 5.69. The first-order valence-corrected chi connectivity index (χ1v) is 20.4. The minimum atomic E-state index is -1.13. The Morgan fingerprint density at radius 1 is 1.16 bits per heavy atom. The molecule has 5 aliphatic rings. The predicted molar refractivity (Wildman–Crippen MR) is 210 cm³/mol. The second-order valence-corrected chi connectivity index (χ2v) is 17.4. The molecule has 10 rings (SSSR count). The van der Waals surface area contributed by atoms with E-state index in [9.17, 15) is 14.6 Å². The molecule has 1 aromatic carbocycles. The van der Waals surface area contributed by atoms with Gasteiger partial charge >= 0.3 is 6.01 Å². The minimum Gasteiger partial charge on any atom is -0.461 e. The molecular weight excluding hydrogens is 741 g/mol. The van der Waals surface area contributed by atoms with E-state index < -0.39 is 5.60 Å². The molecule has 4 aliphatic heterocycles. The smallest absolute Gasteiger partial charge is 0.320 e. The van der Waals surface area contributed by atoms with Crippen LogP contribution in [0.1, 0.15) is 76.5 Å². The largest absolute Gasteiger partial charge is 0.461 e. The Bertz CT molecular complexity index is 2360. The number of benzene rings is 1. The van der Waals surface area contributed by atoms with Crippen LogP contribution in [0, 0.1) is 0 Å². The molecule has 5 fully saturated rings. The highest BCUT2D eigenvalue weighted by Gasteiger charge is 2.49. The number of aromatic amines is 1. The van der Waals surface area contributed by atoms with Gasteiger partial charge in [-0.1, -0.05) is 11.6 Å². The number of β-amino-alcohol motifs (C(OH)–C–C–N with tert-alkyl or cyclic N) is 1. The van der Waals surface area contributed by atoms with Gasteiger partial charge in [-0.05, 0) is 93.9 Å². The first-order chi connectivity index (χ1) is 27.1. The summed E-state index contributed by atoms with van der Waals surface area (Å²) in [5.41, 5.74) is 4.61. The second kappa shape index (κ2) is 13.6. The number of H-pyrrole nitrogens is 1. The fourth-order valence-electron chi connectivity index (χ4n) is 10.1. The van der Waals surface area contributed by atoms with Crippen molar-refractivity contribution in [2.24, 2.45) is 7.05 Å². The van der Waals surface area contributed by atoms with Gasteiger partial charge < -0.3 is 34.3 Å². The summed E-state index contributed by atoms with van der Waals surface area (Å²) in [5, 5.41) is 34.0. The van der Waals surface area contributed by atoms with Crippen LogP contribution in [0.15, 0.2) is 24.2 Å². The first kappa shape index (κ1) is 36.5. The lowest BCUT2D eigenvalue weighted by molar-refractivity contribution is -0.0366. The number of ether oxygens (including phenoxy) is 3. The van der Waals surface area contributed by atoms with E-state index in [1.807, 2.05) is 33.6 Å². The third-order valence-corrected chi connectivity index (χ3v) is 13.3. The molecule has 0 radical (unpaired) electrons. The maximum absolute atomic E-state index is 13.7. The van der Waals surface area contributed by atoms with Gasteiger partial charge in [0.2, 0.25) is 0 Å². The minimum absolute atomic E-state index is 0.0441. The normalized spacial score (nSPS) is 27.6. The topological polar surface area (TPSA) is 152 Å². The summed E-state index contributed by atoms with van der Waals surface area (Å²) < 4.78 is 36.1. The van der Waals surface area contributed by atoms with E-state index in [4.69, 9.17) is 46.0 Å². The lowest BCUT2D eigenvalue weighted by Crippen LogP contribution is -2.43. The summed E-state index contributed by atoms with van der Waals surface area (Å²) in [6, 6.07) is 2.21. The Morgan fingerprint density at radius 2 is 2.04 bits per heavy atom. The van der Waals surface area contributed by atoms with Gasteiger partial charge in [0.05, 0.1) is 59.8 Å². The number of rotatable bonds is 9. The summed E-state index contributed by atoms with van der Waals surface area (Å²) >= 11 is 7.34. The molecule has 5 aromatic rings. The molecule has 298 valence electrons. The summed E-state index contributed by atoms with van der Waals surface area (Å²) in [7, 11) is 1.92. The molecule has 4 aromatic heterocycles. The molecule has 0 amide bonds. The third kappa shape index (κ3) is 5.91. The van der Waals surface area contributed by atoms with Crippen molar-refractivity contribution < 1.29 is 28.8 Å². The molecule has 14 nitrogen and oxygen atoms in total. The number of aliphatic hydroxyl groups excluding tert-OH is 1. The van der Waals surface area contributed by atoms with Crippen molar-refractivity contribution in [3.8, 4) is 17.3 Å². The number of hydrogen-bond acceptors (Lipinski definition) is 11. The average molecular weight is 790 g/mol. The number of halogens is 2. The van der Waals surface area contributed by atoms with Crippen molar-refractivity contribution in [3.63, 3.8) is 0 Å². The van der Waals surface area contributed by atoms with Gasteiger partial charge in [0.25, 0.3) is 0 Å². The number of nitrogens with one attached hydrogen (secondary N) is 1. The summed E-state index contributed by atoms with van der Waals surface area (Å²) in [6.45, 7) is 5.71. The van der Waals surface area contributed by atoms with Gasteiger partial charge in [-0.15, -0.1) is 0 Å². The SMILES string of the molecule is Cn1nc(-c2c(C3(CCO)CC3)c(Cl)cc3c2cnn3C2CCCCO2)c2[nH]c3nc(OC[C@@]45CCCN4C/C(=C\F)C5)nc(N4CCOC[C@@](C)(O)C4)c3c21. The summed E-state index contributed by atoms with van der Waals surface area (Å²) in [5.74, 6) is 0.603. The van der Waals surface area contributed by atoms with E-state index in [-0.39, 0.29) is 43.0 Å². The molecule has 3 N–H and O–H groups in total. The molecule has 0 spiro atoms. The zero-order valence-corrected chi connectivity index (χ0v) is 32.7. The Hall–Kier alpha value is -3.86. The lowest BCUT2D eigenvalue weighted by atomic mass is 9.85. The van der Waals surface area contributed by atoms with Crippen LogP contribution in [-0.4, -0.2) is 120 Å². The van der Waals surface area contributed by atoms with E-state index in [1.54, 1.807) is 6.92 Å². The number of nitrogens with zero attached hydrogens (tertiary/aromatic N) is 8. The molecular formula is C40H49ClFN9O5. The van der Waals surface area contributed by atoms with Crippen molar-refractivity contribution >= 4 is 50.4 Å². The van der Waals surface area contributed by atoms with E-state index in [1.165, 1.54) is 0 Å². The molecule has 8 heterocycles. The van der Waals surface area contributed by atoms with Crippen LogP contribution >= 0.6 is 11.6 Å². The van der Waals surface area contributed by atoms with E-state index in [0.29, 0.717) is 67.9 Å². The molecule has 1 unspecified atom stereocenters. The fourth-order valence-corrected chi connectivity index (χ4v) is 10.5. The highest BCUT2D eigenvalue weighted by molar-refractivity contribution is 6.33. The number of hydrogen-bond donors (Lipinski definition) is 3. The van der Waals surface area contributed by atoms with E-state index >= 15 is 0 Å². The Balaban J connectivity index is 1.16. The second-order valence-electron chi connectivity index (χ2n) is 17.0. The third-order valence-electron chi connectivity index (χ3n) is 13.0. The van der Waals surface area contributed by atoms with E-state index in [0.717, 1.165) is 102 Å². The molecule has 0 bridgehead atoms. The van der Waals surface area contributed by atoms with Gasteiger partial charge in [0.1, 0.15) is 29.4 Å². The monoisotopic (exact) mass is 789 g/mol. The highest BCUT2D eigenvalue weighted by atomic mass is 35.5. The highest BCUT2D eigenvalue weighted by Crippen LogP contribution is 2.58. The maximum Gasteiger partial charge on any atom is 0.320 e. The number of anilines is 1. The van der Waals surface area contributed by atoms with Crippen LogP contribution in [0.3, 0.4) is 0 Å². The van der Waals surface area contributed by atoms with Crippen molar-refractivity contribution in [2.75, 3.05) is 64.1 Å². The standard InChI is InChI=1S/C40H49ClFN9O5/c1-38(53)21-49(12-15-54-22-38)36-30-34-33(44-35(30)45-37(46-36)56-23-40-7-5-11-50(40)20-24(17-40)18-42)32(47-48(34)2)29-25-19-43-51(28-6-3-4-14-55-28)27(25)16-26(41)31(29)39(8-9-39)10-13-52/h16,18-19,28,52-53H,3-15,17,20-23H2,1-2H3,(H,44,45,46)/b24-18-/t28?,38-,40-/m0/s1. The van der Waals surface area contributed by atoms with Gasteiger partial charge in [-0.2, -0.15) is 20.2 Å². The van der Waals surface area contributed by atoms with Crippen molar-refractivity contribution in [1.29, 1.82) is 0 Å². The number of aryl methyl sites for hydroxylation is 1. The first-order valence-electron chi connectivity index (χ1n) is 20.0. The van der Waals surface area contributed by atoms with Crippen molar-refractivity contribution in [3.05, 3.63) is 34.8 Å². The van der Waals surface area contributed by atoms with Crippen LogP contribution in [0.25, 0.3) is 44.2 Å². The molecule has 3 atom stereocenters. The zero-order chi connectivity index (χ0) is 38.4. The van der Waals surface area contributed by atoms with Crippen LogP contribution in [0.4, 0.5) is 10.2 Å². The Kier molecular flexibility index (Phi) is 8.88. The molecule has 1 saturated carbocycles. The van der Waals surface area contributed by atoms with Gasteiger partial charge in [-0.3, -0.25) is 9.58 Å². The number of aliphatic hydroxyl groups is 2. The molecule has 16 heteroatoms. The van der Waals surface area contributed by atoms with Crippen molar-refractivity contribution in [1.82, 2.24) is 39.4 Å². The van der Waals surface area contributed by atoms with Crippen LogP contribution in [0.2, 0.25) is 5.02 Å². The van der Waals surface area contributed by atoms with Crippen molar-refractivity contribution in [2.45, 2.75) is 87.5 Å². The number of aromatic nitrogens is 7. The van der Waals surface area contributed by atoms with Crippen LogP contribution in [-0.2, 0) is 21.9 Å². The number of fused-ring (bicyclic) bond motifs is 5. The Labute approximate surface area is 328 Å². The molecule has 56 heavy (non-hydrogen) atoms. The zero-order valence-electron chi connectivity index (χ0n) is 32.0. The van der Waals surface area contributed by atoms with E-state index in [2.05, 4.69) is 9.88 Å². The van der Waals surface area contributed by atoms with Gasteiger partial charge in [0, 0.05) is 49.3 Å². The summed E-state index contributed by atoms with van der Waals surface area (Å²) in [4.78, 5) is 18.1. The fraction of sp³-hybridized carbons (Fsp3) is 0.600. The molecule has 1 aliphatic carbocycles. The van der Waals surface area contributed by atoms with Crippen LogP contribution in [0.5, 0.6) is 6.01 Å². The Morgan fingerprint density at radius 3 is 2.82 bits per heavy atom. The average Bonchev–Trinajstić information content (AvgIpc) is 3.52. The van der Waals surface area contributed by atoms with Gasteiger partial charge in [0.15, 0.2) is 6.23 Å². The van der Waals surface area contributed by atoms with Crippen LogP contribution < -0.4 is 9.64 Å². The lowest BCUT2D eigenvalue weighted by Gasteiger charge is -2.31. The maximum atomic E-state index is 13.7. The van der Waals surface area contributed by atoms with Gasteiger partial charge in [-0.25, -0.2) is 9.07 Å². The molecule has 4 saturated heterocycles.